The molecule has 0 aliphatic heterocycles. The summed E-state index contributed by atoms with van der Waals surface area (Å²) in [5.74, 6) is 1.39. The maximum Gasteiger partial charge on any atom is 0.244 e. The van der Waals surface area contributed by atoms with E-state index in [1.165, 1.54) is 6.08 Å². The summed E-state index contributed by atoms with van der Waals surface area (Å²) in [6.07, 6.45) is 3.16. The number of methoxy groups -OCH3 is 3. The van der Waals surface area contributed by atoms with E-state index in [1.807, 2.05) is 43.3 Å². The van der Waals surface area contributed by atoms with Crippen LogP contribution in [0.2, 0.25) is 0 Å². The highest BCUT2D eigenvalue weighted by atomic mass is 16.5. The van der Waals surface area contributed by atoms with E-state index >= 15 is 0 Å². The molecule has 132 valence electrons. The number of rotatable bonds is 7. The van der Waals surface area contributed by atoms with Gasteiger partial charge in [0.2, 0.25) is 11.7 Å². The van der Waals surface area contributed by atoms with Gasteiger partial charge in [0.25, 0.3) is 0 Å². The molecule has 0 radical (unpaired) electrons. The van der Waals surface area contributed by atoms with Gasteiger partial charge in [-0.2, -0.15) is 0 Å². The van der Waals surface area contributed by atoms with Crippen LogP contribution in [0.3, 0.4) is 0 Å². The molecule has 0 heterocycles. The highest BCUT2D eigenvalue weighted by molar-refractivity contribution is 5.92. The molecular weight excluding hydrogens is 318 g/mol. The van der Waals surface area contributed by atoms with E-state index in [2.05, 4.69) is 5.32 Å². The summed E-state index contributed by atoms with van der Waals surface area (Å²) in [6.45, 7) is 1.94. The van der Waals surface area contributed by atoms with E-state index in [9.17, 15) is 4.79 Å². The van der Waals surface area contributed by atoms with Crippen LogP contribution in [-0.2, 0) is 4.79 Å². The molecule has 0 aliphatic rings. The molecule has 1 atom stereocenters. The molecule has 1 amide bonds. The molecule has 0 saturated heterocycles. The molecule has 0 aliphatic carbocycles. The van der Waals surface area contributed by atoms with Crippen molar-refractivity contribution in [1.29, 1.82) is 0 Å². The van der Waals surface area contributed by atoms with Crippen LogP contribution < -0.4 is 19.5 Å². The van der Waals surface area contributed by atoms with Gasteiger partial charge in [0.1, 0.15) is 0 Å². The van der Waals surface area contributed by atoms with Crippen LogP contribution in [0.5, 0.6) is 17.2 Å². The number of benzene rings is 2. The predicted molar refractivity (Wildman–Crippen MR) is 98.1 cm³/mol. The Bertz CT molecular complexity index is 741. The van der Waals surface area contributed by atoms with Crippen LogP contribution in [0, 0.1) is 0 Å². The average Bonchev–Trinajstić information content (AvgIpc) is 2.65. The number of hydrogen-bond donors (Lipinski definition) is 1. The van der Waals surface area contributed by atoms with Crippen molar-refractivity contribution in [3.05, 3.63) is 59.7 Å². The summed E-state index contributed by atoms with van der Waals surface area (Å²) in [5, 5.41) is 2.93. The van der Waals surface area contributed by atoms with Gasteiger partial charge < -0.3 is 19.5 Å². The van der Waals surface area contributed by atoms with Crippen LogP contribution in [0.25, 0.3) is 6.08 Å². The Hall–Kier alpha value is -2.95. The molecule has 0 fully saturated rings. The van der Waals surface area contributed by atoms with Crippen LogP contribution in [0.15, 0.2) is 48.5 Å². The van der Waals surface area contributed by atoms with Gasteiger partial charge in [0.15, 0.2) is 11.5 Å². The fourth-order valence-corrected chi connectivity index (χ4v) is 2.51. The number of amides is 1. The van der Waals surface area contributed by atoms with E-state index < -0.39 is 0 Å². The van der Waals surface area contributed by atoms with Gasteiger partial charge in [0, 0.05) is 11.6 Å². The first-order valence-electron chi connectivity index (χ1n) is 7.93. The third-order valence-electron chi connectivity index (χ3n) is 3.81. The minimum atomic E-state index is -0.187. The summed E-state index contributed by atoms with van der Waals surface area (Å²) in [4.78, 5) is 12.2. The fraction of sp³-hybridized carbons (Fsp3) is 0.250. The van der Waals surface area contributed by atoms with Gasteiger partial charge in [-0.15, -0.1) is 0 Å². The molecular formula is C20H23NO4. The van der Waals surface area contributed by atoms with Crippen molar-refractivity contribution >= 4 is 12.0 Å². The zero-order valence-electron chi connectivity index (χ0n) is 14.9. The third-order valence-corrected chi connectivity index (χ3v) is 3.81. The Labute approximate surface area is 148 Å². The molecule has 0 saturated carbocycles. The fourth-order valence-electron chi connectivity index (χ4n) is 2.51. The van der Waals surface area contributed by atoms with Crippen molar-refractivity contribution in [2.24, 2.45) is 0 Å². The molecule has 5 heteroatoms. The number of ether oxygens (including phenoxy) is 3. The number of nitrogens with one attached hydrogen (secondary N) is 1. The lowest BCUT2D eigenvalue weighted by molar-refractivity contribution is -0.117. The second kappa shape index (κ2) is 8.78. The highest BCUT2D eigenvalue weighted by Gasteiger charge is 2.14. The second-order valence-corrected chi connectivity index (χ2v) is 5.40. The van der Waals surface area contributed by atoms with Gasteiger partial charge in [-0.1, -0.05) is 30.3 Å². The zero-order valence-corrected chi connectivity index (χ0v) is 14.9. The van der Waals surface area contributed by atoms with E-state index in [4.69, 9.17) is 14.2 Å². The molecule has 2 aromatic carbocycles. The Kier molecular flexibility index (Phi) is 6.46. The minimum absolute atomic E-state index is 0.0781. The Morgan fingerprint density at radius 3 is 2.24 bits per heavy atom. The van der Waals surface area contributed by atoms with Crippen molar-refractivity contribution in [2.75, 3.05) is 21.3 Å². The normalized spacial score (nSPS) is 11.8. The van der Waals surface area contributed by atoms with Crippen LogP contribution >= 0.6 is 0 Å². The summed E-state index contributed by atoms with van der Waals surface area (Å²) >= 11 is 0. The zero-order chi connectivity index (χ0) is 18.2. The maximum atomic E-state index is 12.2. The molecule has 1 unspecified atom stereocenters. The average molecular weight is 341 g/mol. The molecule has 0 bridgehead atoms. The molecule has 5 nitrogen and oxygen atoms in total. The van der Waals surface area contributed by atoms with Crippen LogP contribution in [-0.4, -0.2) is 27.2 Å². The van der Waals surface area contributed by atoms with E-state index in [0.717, 1.165) is 11.1 Å². The number of carbonyl (C=O) groups is 1. The summed E-state index contributed by atoms with van der Waals surface area (Å²) in [5.41, 5.74) is 1.77. The largest absolute Gasteiger partial charge is 0.493 e. The first-order valence-corrected chi connectivity index (χ1v) is 7.93. The van der Waals surface area contributed by atoms with Crippen LogP contribution in [0.4, 0.5) is 0 Å². The van der Waals surface area contributed by atoms with Crippen LogP contribution in [0.1, 0.15) is 24.1 Å². The van der Waals surface area contributed by atoms with Crippen molar-refractivity contribution in [2.45, 2.75) is 13.0 Å². The molecule has 1 N–H and O–H groups in total. The number of hydrogen-bond acceptors (Lipinski definition) is 4. The van der Waals surface area contributed by atoms with E-state index in [1.54, 1.807) is 33.5 Å². The van der Waals surface area contributed by atoms with Gasteiger partial charge in [-0.05, 0) is 30.7 Å². The molecule has 2 aromatic rings. The maximum absolute atomic E-state index is 12.2. The van der Waals surface area contributed by atoms with Crippen molar-refractivity contribution in [1.82, 2.24) is 5.32 Å². The standard InChI is InChI=1S/C20H23NO4/c1-14(15-8-6-5-7-9-15)21-18(22)13-11-16-10-12-17(23-2)20(25-4)19(16)24-3/h5-14H,1-4H3,(H,21,22). The summed E-state index contributed by atoms with van der Waals surface area (Å²) in [7, 11) is 4.65. The van der Waals surface area contributed by atoms with E-state index in [-0.39, 0.29) is 11.9 Å². The van der Waals surface area contributed by atoms with Crippen molar-refractivity contribution in [3.63, 3.8) is 0 Å². The van der Waals surface area contributed by atoms with Gasteiger partial charge >= 0.3 is 0 Å². The Morgan fingerprint density at radius 1 is 0.960 bits per heavy atom. The van der Waals surface area contributed by atoms with E-state index in [0.29, 0.717) is 17.2 Å². The topological polar surface area (TPSA) is 56.8 Å². The lowest BCUT2D eigenvalue weighted by Crippen LogP contribution is -2.24. The Balaban J connectivity index is 2.14. The lowest BCUT2D eigenvalue weighted by Gasteiger charge is -2.14. The van der Waals surface area contributed by atoms with Crippen molar-refractivity contribution in [3.8, 4) is 17.2 Å². The molecule has 25 heavy (non-hydrogen) atoms. The molecule has 0 spiro atoms. The first-order chi connectivity index (χ1) is 12.1. The lowest BCUT2D eigenvalue weighted by atomic mass is 10.1. The molecule has 0 aromatic heterocycles. The van der Waals surface area contributed by atoms with Gasteiger partial charge in [-0.3, -0.25) is 4.79 Å². The monoisotopic (exact) mass is 341 g/mol. The summed E-state index contributed by atoms with van der Waals surface area (Å²) < 4.78 is 16.0. The molecule has 2 rings (SSSR count). The van der Waals surface area contributed by atoms with Gasteiger partial charge in [-0.25, -0.2) is 0 Å². The quantitative estimate of drug-likeness (QED) is 0.782. The number of carbonyl (C=O) groups excluding carboxylic acids is 1. The summed E-state index contributed by atoms with van der Waals surface area (Å²) in [6, 6.07) is 13.3. The first kappa shape index (κ1) is 18.4. The highest BCUT2D eigenvalue weighted by Crippen LogP contribution is 2.40. The van der Waals surface area contributed by atoms with Crippen molar-refractivity contribution < 1.29 is 19.0 Å². The minimum Gasteiger partial charge on any atom is -0.493 e. The second-order valence-electron chi connectivity index (χ2n) is 5.40. The smallest absolute Gasteiger partial charge is 0.244 e. The predicted octanol–water partition coefficient (Wildman–Crippen LogP) is 3.60. The van der Waals surface area contributed by atoms with Gasteiger partial charge in [0.05, 0.1) is 27.4 Å². The SMILES string of the molecule is COc1ccc(C=CC(=O)NC(C)c2ccccc2)c(OC)c1OC. The third kappa shape index (κ3) is 4.53. The Morgan fingerprint density at radius 2 is 1.64 bits per heavy atom.